The van der Waals surface area contributed by atoms with Gasteiger partial charge in [-0.1, -0.05) is 18.2 Å². The highest BCUT2D eigenvalue weighted by atomic mass is 16.5. The second-order valence-electron chi connectivity index (χ2n) is 6.21. The molecule has 0 spiro atoms. The van der Waals surface area contributed by atoms with Gasteiger partial charge < -0.3 is 10.1 Å². The summed E-state index contributed by atoms with van der Waals surface area (Å²) in [6.07, 6.45) is 3.21. The highest BCUT2D eigenvalue weighted by molar-refractivity contribution is 5.96. The maximum atomic E-state index is 12.1. The van der Waals surface area contributed by atoms with Crippen molar-refractivity contribution in [2.45, 2.75) is 33.1 Å². The van der Waals surface area contributed by atoms with E-state index in [-0.39, 0.29) is 12.5 Å². The number of aryl methyl sites for hydroxylation is 3. The Kier molecular flexibility index (Phi) is 4.65. The van der Waals surface area contributed by atoms with Crippen molar-refractivity contribution in [1.29, 1.82) is 0 Å². The quantitative estimate of drug-likeness (QED) is 0.875. The lowest BCUT2D eigenvalue weighted by Gasteiger charge is -2.11. The summed E-state index contributed by atoms with van der Waals surface area (Å²) in [4.78, 5) is 24.1. The molecule has 2 aromatic rings. The van der Waals surface area contributed by atoms with E-state index < -0.39 is 5.97 Å². The standard InChI is InChI=1S/C20H21NO3/c1-13-5-3-8-18(14(13)2)21-19(22)12-24-20(23)17-10-9-15-6-4-7-16(15)11-17/h3,5,8-11H,4,6-7,12H2,1-2H3,(H,21,22). The summed E-state index contributed by atoms with van der Waals surface area (Å²) in [6.45, 7) is 3.64. The number of rotatable bonds is 4. The highest BCUT2D eigenvalue weighted by Crippen LogP contribution is 2.23. The normalized spacial score (nSPS) is 12.6. The van der Waals surface area contributed by atoms with Crippen LogP contribution in [0.5, 0.6) is 0 Å². The van der Waals surface area contributed by atoms with Crippen molar-refractivity contribution in [3.63, 3.8) is 0 Å². The van der Waals surface area contributed by atoms with E-state index in [2.05, 4.69) is 5.32 Å². The van der Waals surface area contributed by atoms with Crippen LogP contribution in [0.2, 0.25) is 0 Å². The molecule has 1 amide bonds. The van der Waals surface area contributed by atoms with Crippen LogP contribution < -0.4 is 5.32 Å². The zero-order chi connectivity index (χ0) is 17.1. The molecule has 124 valence electrons. The zero-order valence-corrected chi connectivity index (χ0v) is 14.0. The van der Waals surface area contributed by atoms with E-state index in [4.69, 9.17) is 4.74 Å². The molecule has 2 aromatic carbocycles. The molecule has 3 rings (SSSR count). The molecule has 4 nitrogen and oxygen atoms in total. The summed E-state index contributed by atoms with van der Waals surface area (Å²) in [5.41, 5.74) is 5.88. The Hall–Kier alpha value is -2.62. The van der Waals surface area contributed by atoms with E-state index >= 15 is 0 Å². The van der Waals surface area contributed by atoms with Crippen molar-refractivity contribution >= 4 is 17.6 Å². The van der Waals surface area contributed by atoms with Crippen molar-refractivity contribution in [3.05, 3.63) is 64.2 Å². The van der Waals surface area contributed by atoms with Gasteiger partial charge in [-0.3, -0.25) is 4.79 Å². The number of benzene rings is 2. The fourth-order valence-electron chi connectivity index (χ4n) is 2.99. The summed E-state index contributed by atoms with van der Waals surface area (Å²) in [6, 6.07) is 11.3. The van der Waals surface area contributed by atoms with Crippen LogP contribution in [0.3, 0.4) is 0 Å². The molecule has 0 unspecified atom stereocenters. The first-order chi connectivity index (χ1) is 11.5. The van der Waals surface area contributed by atoms with Gasteiger partial charge in [-0.25, -0.2) is 4.79 Å². The van der Waals surface area contributed by atoms with Gasteiger partial charge in [-0.05, 0) is 73.6 Å². The summed E-state index contributed by atoms with van der Waals surface area (Å²) in [7, 11) is 0. The van der Waals surface area contributed by atoms with Crippen LogP contribution >= 0.6 is 0 Å². The molecule has 1 aliphatic rings. The number of esters is 1. The maximum Gasteiger partial charge on any atom is 0.338 e. The third kappa shape index (κ3) is 3.48. The number of fused-ring (bicyclic) bond motifs is 1. The van der Waals surface area contributed by atoms with Crippen LogP contribution in [0.1, 0.15) is 39.0 Å². The Morgan fingerprint density at radius 2 is 1.88 bits per heavy atom. The van der Waals surface area contributed by atoms with Crippen LogP contribution in [0.15, 0.2) is 36.4 Å². The zero-order valence-electron chi connectivity index (χ0n) is 14.0. The molecule has 0 saturated carbocycles. The summed E-state index contributed by atoms with van der Waals surface area (Å²) >= 11 is 0. The van der Waals surface area contributed by atoms with Crippen molar-refractivity contribution in [2.75, 3.05) is 11.9 Å². The van der Waals surface area contributed by atoms with Crippen LogP contribution in [0, 0.1) is 13.8 Å². The monoisotopic (exact) mass is 323 g/mol. The van der Waals surface area contributed by atoms with Crippen LogP contribution in [0.25, 0.3) is 0 Å². The Bertz CT molecular complexity index is 795. The molecule has 4 heteroatoms. The van der Waals surface area contributed by atoms with E-state index in [1.807, 2.05) is 44.2 Å². The van der Waals surface area contributed by atoms with Crippen molar-refractivity contribution in [2.24, 2.45) is 0 Å². The fourth-order valence-corrected chi connectivity index (χ4v) is 2.99. The Morgan fingerprint density at radius 1 is 1.08 bits per heavy atom. The van der Waals surface area contributed by atoms with E-state index in [1.54, 1.807) is 6.07 Å². The molecule has 1 N–H and O–H groups in total. The van der Waals surface area contributed by atoms with E-state index in [9.17, 15) is 9.59 Å². The Balaban J connectivity index is 1.58. The molecule has 24 heavy (non-hydrogen) atoms. The van der Waals surface area contributed by atoms with Crippen molar-refractivity contribution in [3.8, 4) is 0 Å². The maximum absolute atomic E-state index is 12.1. The van der Waals surface area contributed by atoms with Gasteiger partial charge in [0.1, 0.15) is 0 Å². The van der Waals surface area contributed by atoms with Gasteiger partial charge in [0.15, 0.2) is 6.61 Å². The molecule has 0 radical (unpaired) electrons. The second-order valence-corrected chi connectivity index (χ2v) is 6.21. The average molecular weight is 323 g/mol. The summed E-state index contributed by atoms with van der Waals surface area (Å²) < 4.78 is 5.14. The minimum atomic E-state index is -0.458. The first-order valence-electron chi connectivity index (χ1n) is 8.19. The molecule has 0 bridgehead atoms. The number of hydrogen-bond donors (Lipinski definition) is 1. The smallest absolute Gasteiger partial charge is 0.338 e. The van der Waals surface area contributed by atoms with Gasteiger partial charge in [0.2, 0.25) is 0 Å². The van der Waals surface area contributed by atoms with Crippen molar-refractivity contribution in [1.82, 2.24) is 0 Å². The minimum absolute atomic E-state index is 0.288. The molecular weight excluding hydrogens is 302 g/mol. The van der Waals surface area contributed by atoms with Crippen molar-refractivity contribution < 1.29 is 14.3 Å². The lowest BCUT2D eigenvalue weighted by atomic mass is 10.1. The summed E-state index contributed by atoms with van der Waals surface area (Å²) in [5.74, 6) is -0.793. The summed E-state index contributed by atoms with van der Waals surface area (Å²) in [5, 5.41) is 2.78. The first kappa shape index (κ1) is 16.2. The minimum Gasteiger partial charge on any atom is -0.452 e. The molecular formula is C20H21NO3. The number of anilines is 1. The van der Waals surface area contributed by atoms with E-state index in [0.717, 1.165) is 36.1 Å². The average Bonchev–Trinajstić information content (AvgIpc) is 3.04. The third-order valence-electron chi connectivity index (χ3n) is 4.55. The van der Waals surface area contributed by atoms with Gasteiger partial charge in [0, 0.05) is 5.69 Å². The topological polar surface area (TPSA) is 55.4 Å². The molecule has 0 fully saturated rings. The Morgan fingerprint density at radius 3 is 2.71 bits per heavy atom. The number of carbonyl (C=O) groups is 2. The fraction of sp³-hybridized carbons (Fsp3) is 0.300. The molecule has 0 saturated heterocycles. The molecule has 0 aliphatic heterocycles. The number of amides is 1. The predicted octanol–water partition coefficient (Wildman–Crippen LogP) is 3.59. The highest BCUT2D eigenvalue weighted by Gasteiger charge is 2.16. The SMILES string of the molecule is Cc1cccc(NC(=O)COC(=O)c2ccc3c(c2)CCC3)c1C. The number of nitrogens with one attached hydrogen (secondary N) is 1. The van der Waals surface area contributed by atoms with Gasteiger partial charge in [0.05, 0.1) is 5.56 Å². The van der Waals surface area contributed by atoms with Crippen LogP contribution in [-0.2, 0) is 22.4 Å². The second kappa shape index (κ2) is 6.87. The third-order valence-corrected chi connectivity index (χ3v) is 4.55. The van der Waals surface area contributed by atoms with Gasteiger partial charge in [-0.2, -0.15) is 0 Å². The molecule has 0 atom stereocenters. The number of carbonyl (C=O) groups excluding carboxylic acids is 2. The van der Waals surface area contributed by atoms with Gasteiger partial charge in [0.25, 0.3) is 5.91 Å². The largest absolute Gasteiger partial charge is 0.452 e. The van der Waals surface area contributed by atoms with E-state index in [1.165, 1.54) is 11.1 Å². The first-order valence-corrected chi connectivity index (χ1v) is 8.19. The molecule has 1 aliphatic carbocycles. The van der Waals surface area contributed by atoms with Crippen LogP contribution in [0.4, 0.5) is 5.69 Å². The van der Waals surface area contributed by atoms with Gasteiger partial charge >= 0.3 is 5.97 Å². The van der Waals surface area contributed by atoms with E-state index in [0.29, 0.717) is 5.56 Å². The van der Waals surface area contributed by atoms with Crippen LogP contribution in [-0.4, -0.2) is 18.5 Å². The number of ether oxygens (including phenoxy) is 1. The van der Waals surface area contributed by atoms with Gasteiger partial charge in [-0.15, -0.1) is 0 Å². The lowest BCUT2D eigenvalue weighted by Crippen LogP contribution is -2.21. The molecule has 0 heterocycles. The molecule has 0 aromatic heterocycles. The Labute approximate surface area is 141 Å². The number of hydrogen-bond acceptors (Lipinski definition) is 3. The predicted molar refractivity (Wildman–Crippen MR) is 93.3 cm³/mol. The lowest BCUT2D eigenvalue weighted by molar-refractivity contribution is -0.119.